The van der Waals surface area contributed by atoms with Crippen LogP contribution in [0.4, 0.5) is 10.8 Å². The number of hydrogen-bond acceptors (Lipinski definition) is 13. The quantitative estimate of drug-likeness (QED) is 0.129. The molecule has 1 aliphatic carbocycles. The number of carbonyl (C=O) groups is 2. The molecule has 15 heteroatoms. The Labute approximate surface area is 283 Å². The Hall–Kier alpha value is -4.55. The monoisotopic (exact) mass is 677 g/mol. The van der Waals surface area contributed by atoms with Crippen LogP contribution in [0, 0.1) is 22.7 Å². The van der Waals surface area contributed by atoms with Crippen LogP contribution >= 0.6 is 11.3 Å². The Morgan fingerprint density at radius 3 is 2.88 bits per heavy atom. The first-order valence-electron chi connectivity index (χ1n) is 16.3. The van der Waals surface area contributed by atoms with E-state index in [0.29, 0.717) is 35.0 Å². The predicted octanol–water partition coefficient (Wildman–Crippen LogP) is 3.91. The predicted molar refractivity (Wildman–Crippen MR) is 180 cm³/mol. The maximum atomic E-state index is 13.6. The van der Waals surface area contributed by atoms with Crippen molar-refractivity contribution in [2.45, 2.75) is 77.2 Å². The van der Waals surface area contributed by atoms with Crippen molar-refractivity contribution in [3.63, 3.8) is 0 Å². The molecule has 3 aromatic rings. The van der Waals surface area contributed by atoms with E-state index < -0.39 is 17.3 Å². The normalized spacial score (nSPS) is 20.4. The van der Waals surface area contributed by atoms with E-state index in [9.17, 15) is 20.0 Å². The van der Waals surface area contributed by atoms with Gasteiger partial charge in [-0.05, 0) is 69.6 Å². The van der Waals surface area contributed by atoms with E-state index in [1.165, 1.54) is 11.3 Å². The molecule has 1 amide bonds. The molecule has 5 N–H and O–H groups in total. The highest BCUT2D eigenvalue weighted by Gasteiger charge is 2.43. The topological polar surface area (TPSA) is 208 Å². The molecule has 48 heavy (non-hydrogen) atoms. The minimum atomic E-state index is -0.986. The molecule has 1 unspecified atom stereocenters. The van der Waals surface area contributed by atoms with Gasteiger partial charge in [-0.1, -0.05) is 13.8 Å². The van der Waals surface area contributed by atoms with E-state index in [-0.39, 0.29) is 41.2 Å². The van der Waals surface area contributed by atoms with Crippen LogP contribution in [0.2, 0.25) is 0 Å². The molecule has 14 nitrogen and oxygen atoms in total. The van der Waals surface area contributed by atoms with Gasteiger partial charge >= 0.3 is 5.97 Å². The fourth-order valence-corrected chi connectivity index (χ4v) is 7.93. The number of amidine groups is 1. The number of hydrogen-bond donors (Lipinski definition) is 4. The van der Waals surface area contributed by atoms with E-state index in [1.807, 2.05) is 26.8 Å². The van der Waals surface area contributed by atoms with Gasteiger partial charge in [0.15, 0.2) is 17.4 Å². The molecular weight excluding hydrogens is 634 g/mol. The number of thiophene rings is 1. The molecule has 4 heterocycles. The lowest BCUT2D eigenvalue weighted by Crippen LogP contribution is -2.47. The van der Waals surface area contributed by atoms with Crippen molar-refractivity contribution in [3.8, 4) is 11.9 Å². The van der Waals surface area contributed by atoms with Crippen LogP contribution in [-0.2, 0) is 21.4 Å². The summed E-state index contributed by atoms with van der Waals surface area (Å²) < 4.78 is 11.0. The molecule has 1 saturated heterocycles. The molecule has 5 rings (SSSR count). The fraction of sp³-hybridized carbons (Fsp3) is 0.545. The first kappa shape index (κ1) is 34.8. The number of nitrogen functional groups attached to an aromatic ring is 1. The Balaban J connectivity index is 1.16. The number of anilines is 2. The van der Waals surface area contributed by atoms with Crippen LogP contribution in [0.15, 0.2) is 22.9 Å². The first-order valence-corrected chi connectivity index (χ1v) is 17.1. The summed E-state index contributed by atoms with van der Waals surface area (Å²) in [6.07, 6.45) is 5.37. The van der Waals surface area contributed by atoms with Crippen LogP contribution in [0.5, 0.6) is 5.88 Å². The standard InChI is InChI=1S/C33H43N9O5S/c1-19(2)26(31(43)44)22-16-25(40-47-22)46-15-7-13-41-12-6-14-42(20(3)18-41)24-9-11-37-30(38-24)28(35)39-32(45)33(4)10-5-8-23-27(33)21(17-34)29(36)48-23/h9,11,16,19-20,26H,5-8,10,12-15,18,36H2,1-4H3,(H,43,44)(H2,35,39,45)/t20-,26?,33-/m0/s1. The van der Waals surface area contributed by atoms with Crippen LogP contribution in [-0.4, -0.2) is 81.7 Å². The van der Waals surface area contributed by atoms with Crippen molar-refractivity contribution in [3.05, 3.63) is 45.9 Å². The van der Waals surface area contributed by atoms with Crippen LogP contribution in [0.1, 0.15) is 86.9 Å². The lowest BCUT2D eigenvalue weighted by molar-refractivity contribution is -0.140. The average Bonchev–Trinajstić information content (AvgIpc) is 3.58. The minimum absolute atomic E-state index is 0.120. The number of carboxylic acids is 1. The summed E-state index contributed by atoms with van der Waals surface area (Å²) in [5.74, 6) is -1.05. The highest BCUT2D eigenvalue weighted by molar-refractivity contribution is 7.16. The second-order valence-corrected chi connectivity index (χ2v) is 14.2. The molecule has 3 atom stereocenters. The number of amides is 1. The Morgan fingerprint density at radius 1 is 1.35 bits per heavy atom. The summed E-state index contributed by atoms with van der Waals surface area (Å²) in [6, 6.07) is 5.67. The largest absolute Gasteiger partial charge is 0.481 e. The minimum Gasteiger partial charge on any atom is -0.481 e. The molecule has 1 fully saturated rings. The second kappa shape index (κ2) is 14.7. The lowest BCUT2D eigenvalue weighted by atomic mass is 9.72. The number of carboxylic acid groups (broad SMARTS) is 1. The number of nitrogens with one attached hydrogen (secondary N) is 2. The number of nitrogens with two attached hydrogens (primary N) is 1. The first-order chi connectivity index (χ1) is 22.9. The zero-order valence-electron chi connectivity index (χ0n) is 27.8. The van der Waals surface area contributed by atoms with Gasteiger partial charge in [-0.2, -0.15) is 5.26 Å². The van der Waals surface area contributed by atoms with Crippen molar-refractivity contribution < 1.29 is 24.0 Å². The third kappa shape index (κ3) is 7.29. The summed E-state index contributed by atoms with van der Waals surface area (Å²) in [5, 5.41) is 34.9. The van der Waals surface area contributed by atoms with Crippen LogP contribution in [0.3, 0.4) is 0 Å². The van der Waals surface area contributed by atoms with Crippen molar-refractivity contribution in [1.82, 2.24) is 25.3 Å². The zero-order chi connectivity index (χ0) is 34.6. The van der Waals surface area contributed by atoms with Gasteiger partial charge in [-0.15, -0.1) is 11.3 Å². The number of carbonyl (C=O) groups excluding carboxylic acids is 1. The molecule has 0 radical (unpaired) electrons. The maximum Gasteiger partial charge on any atom is 0.314 e. The van der Waals surface area contributed by atoms with Gasteiger partial charge in [0.25, 0.3) is 5.88 Å². The van der Waals surface area contributed by atoms with Gasteiger partial charge in [-0.3, -0.25) is 15.0 Å². The highest BCUT2D eigenvalue weighted by atomic mass is 32.1. The Morgan fingerprint density at radius 2 is 2.15 bits per heavy atom. The molecule has 3 aromatic heterocycles. The van der Waals surface area contributed by atoms with Crippen molar-refractivity contribution in [2.24, 2.45) is 5.92 Å². The Kier molecular flexibility index (Phi) is 10.6. The van der Waals surface area contributed by atoms with Gasteiger partial charge in [-0.25, -0.2) is 9.97 Å². The second-order valence-electron chi connectivity index (χ2n) is 13.0. The number of aryl methyl sites for hydroxylation is 1. The molecule has 0 spiro atoms. The van der Waals surface area contributed by atoms with Crippen molar-refractivity contribution in [1.29, 1.82) is 10.7 Å². The van der Waals surface area contributed by atoms with E-state index >= 15 is 0 Å². The van der Waals surface area contributed by atoms with Crippen LogP contribution < -0.4 is 20.7 Å². The van der Waals surface area contributed by atoms with E-state index in [4.69, 9.17) is 20.4 Å². The summed E-state index contributed by atoms with van der Waals surface area (Å²) in [6.45, 7) is 11.3. The molecule has 0 bridgehead atoms. The van der Waals surface area contributed by atoms with E-state index in [1.54, 1.807) is 12.3 Å². The molecule has 1 aliphatic heterocycles. The highest BCUT2D eigenvalue weighted by Crippen LogP contribution is 2.45. The number of aromatic nitrogens is 3. The summed E-state index contributed by atoms with van der Waals surface area (Å²) in [4.78, 5) is 39.7. The molecular formula is C33H43N9O5S. The summed E-state index contributed by atoms with van der Waals surface area (Å²) in [5.41, 5.74) is 6.16. The van der Waals surface area contributed by atoms with E-state index in [0.717, 1.165) is 56.7 Å². The molecule has 0 aromatic carbocycles. The number of ether oxygens (including phenoxy) is 1. The molecule has 256 valence electrons. The van der Waals surface area contributed by atoms with Gasteiger partial charge in [0.1, 0.15) is 22.8 Å². The van der Waals surface area contributed by atoms with Gasteiger partial charge in [0, 0.05) is 48.4 Å². The number of rotatable bonds is 11. The zero-order valence-corrected chi connectivity index (χ0v) is 28.6. The van der Waals surface area contributed by atoms with E-state index in [2.05, 4.69) is 43.2 Å². The number of aliphatic carboxylic acids is 1. The van der Waals surface area contributed by atoms with Gasteiger partial charge in [0.05, 0.1) is 17.6 Å². The lowest BCUT2D eigenvalue weighted by Gasteiger charge is -2.33. The SMILES string of the molecule is CC(C)C(C(=O)O)c1cc(OCCCN2CCCN(c3ccnc(C(=N)NC(=O)[C@@]4(C)CCCc5sc(N)c(C#N)c54)n3)[C@@H](C)C2)no1. The fourth-order valence-electron chi connectivity index (χ4n) is 6.74. The summed E-state index contributed by atoms with van der Waals surface area (Å²) in [7, 11) is 0. The third-order valence-electron chi connectivity index (χ3n) is 9.19. The maximum absolute atomic E-state index is 13.6. The summed E-state index contributed by atoms with van der Waals surface area (Å²) >= 11 is 1.36. The molecule has 2 aliphatic rings. The molecule has 0 saturated carbocycles. The van der Waals surface area contributed by atoms with Gasteiger partial charge < -0.3 is 35.2 Å². The Bertz CT molecular complexity index is 1700. The third-order valence-corrected chi connectivity index (χ3v) is 10.3. The van der Waals surface area contributed by atoms with Crippen molar-refractivity contribution >= 4 is 39.9 Å². The van der Waals surface area contributed by atoms with Crippen molar-refractivity contribution in [2.75, 3.05) is 43.4 Å². The van der Waals surface area contributed by atoms with Crippen LogP contribution in [0.25, 0.3) is 0 Å². The van der Waals surface area contributed by atoms with Gasteiger partial charge in [0.2, 0.25) is 5.91 Å². The number of nitrogens with zero attached hydrogens (tertiary/aromatic N) is 6. The smallest absolute Gasteiger partial charge is 0.314 e. The number of nitriles is 1. The average molecular weight is 678 g/mol. The number of fused-ring (bicyclic) bond motifs is 1.